The highest BCUT2D eigenvalue weighted by Gasteiger charge is 1.97. The summed E-state index contributed by atoms with van der Waals surface area (Å²) in [5.74, 6) is 0. The van der Waals surface area contributed by atoms with Crippen molar-refractivity contribution in [1.29, 1.82) is 0 Å². The average molecular weight is 187 g/mol. The lowest BCUT2D eigenvalue weighted by molar-refractivity contribution is 0.979. The molecule has 0 bridgehead atoms. The van der Waals surface area contributed by atoms with Gasteiger partial charge in [0.1, 0.15) is 0 Å². The van der Waals surface area contributed by atoms with E-state index in [2.05, 4.69) is 4.98 Å². The lowest BCUT2D eigenvalue weighted by Gasteiger charge is -2.04. The first-order chi connectivity index (χ1) is 6.77. The van der Waals surface area contributed by atoms with Gasteiger partial charge < -0.3 is 5.73 Å². The maximum Gasteiger partial charge on any atom is 0.255 e. The number of nitrogens with zero attached hydrogens (tertiary/aromatic N) is 2. The molecule has 2 rings (SSSR count). The Morgan fingerprint density at radius 2 is 2.14 bits per heavy atom. The third-order valence-corrected chi connectivity index (χ3v) is 1.85. The van der Waals surface area contributed by atoms with Crippen molar-refractivity contribution >= 4 is 5.69 Å². The topological polar surface area (TPSA) is 60.9 Å². The Kier molecular flexibility index (Phi) is 2.02. The highest BCUT2D eigenvalue weighted by atomic mass is 16.1. The van der Waals surface area contributed by atoms with E-state index in [4.69, 9.17) is 5.73 Å². The molecule has 0 unspecified atom stereocenters. The summed E-state index contributed by atoms with van der Waals surface area (Å²) in [6, 6.07) is 6.67. The minimum Gasteiger partial charge on any atom is -0.397 e. The Morgan fingerprint density at radius 3 is 2.86 bits per heavy atom. The van der Waals surface area contributed by atoms with Crippen molar-refractivity contribution in [3.63, 3.8) is 0 Å². The van der Waals surface area contributed by atoms with Crippen LogP contribution in [0.4, 0.5) is 5.69 Å². The Balaban J connectivity index is 2.61. The minimum atomic E-state index is -0.0973. The lowest BCUT2D eigenvalue weighted by Crippen LogP contribution is -2.15. The van der Waals surface area contributed by atoms with Crippen LogP contribution in [0.5, 0.6) is 0 Å². The predicted octanol–water partition coefficient (Wildman–Crippen LogP) is 0.815. The normalized spacial score (nSPS) is 10.0. The van der Waals surface area contributed by atoms with Gasteiger partial charge in [0, 0.05) is 18.5 Å². The molecule has 0 atom stereocenters. The Hall–Kier alpha value is -2.10. The number of aromatic nitrogens is 2. The van der Waals surface area contributed by atoms with E-state index < -0.39 is 0 Å². The number of pyridine rings is 2. The standard InChI is InChI=1S/C10H9N3O/c11-8-5-9(7-12-6-8)13-4-2-1-3-10(13)14/h1-7H,11H2. The quantitative estimate of drug-likeness (QED) is 0.718. The SMILES string of the molecule is Nc1cncc(-n2ccccc2=O)c1. The van der Waals surface area contributed by atoms with E-state index in [1.165, 1.54) is 16.8 Å². The van der Waals surface area contributed by atoms with Gasteiger partial charge in [-0.2, -0.15) is 0 Å². The van der Waals surface area contributed by atoms with Gasteiger partial charge >= 0.3 is 0 Å². The Bertz CT molecular complexity index is 504. The molecular formula is C10H9N3O. The fourth-order valence-corrected chi connectivity index (χ4v) is 1.22. The van der Waals surface area contributed by atoms with Crippen LogP contribution in [0.25, 0.3) is 5.69 Å². The zero-order chi connectivity index (χ0) is 9.97. The van der Waals surface area contributed by atoms with E-state index in [1.807, 2.05) is 0 Å². The summed E-state index contributed by atoms with van der Waals surface area (Å²) < 4.78 is 1.49. The molecule has 0 aromatic carbocycles. The maximum atomic E-state index is 11.4. The van der Waals surface area contributed by atoms with Crippen molar-refractivity contribution < 1.29 is 0 Å². The van der Waals surface area contributed by atoms with Crippen molar-refractivity contribution in [2.24, 2.45) is 0 Å². The van der Waals surface area contributed by atoms with Gasteiger partial charge in [0.15, 0.2) is 0 Å². The fraction of sp³-hybridized carbons (Fsp3) is 0. The van der Waals surface area contributed by atoms with Crippen LogP contribution in [0.2, 0.25) is 0 Å². The summed E-state index contributed by atoms with van der Waals surface area (Å²) in [5, 5.41) is 0. The van der Waals surface area contributed by atoms with Gasteiger partial charge in [0.05, 0.1) is 17.6 Å². The van der Waals surface area contributed by atoms with E-state index in [1.54, 1.807) is 30.6 Å². The van der Waals surface area contributed by atoms with Gasteiger partial charge in [-0.15, -0.1) is 0 Å². The number of hydrogen-bond donors (Lipinski definition) is 1. The molecule has 0 aliphatic heterocycles. The van der Waals surface area contributed by atoms with Crippen LogP contribution < -0.4 is 11.3 Å². The number of rotatable bonds is 1. The fourth-order valence-electron chi connectivity index (χ4n) is 1.22. The number of nitrogens with two attached hydrogens (primary N) is 1. The summed E-state index contributed by atoms with van der Waals surface area (Å²) in [5.41, 5.74) is 6.69. The van der Waals surface area contributed by atoms with Gasteiger partial charge in [-0.25, -0.2) is 0 Å². The van der Waals surface area contributed by atoms with Gasteiger partial charge in [-0.3, -0.25) is 14.3 Å². The molecule has 2 aromatic heterocycles. The molecule has 2 heterocycles. The van der Waals surface area contributed by atoms with Crippen molar-refractivity contribution in [3.05, 3.63) is 53.2 Å². The lowest BCUT2D eigenvalue weighted by atomic mass is 10.3. The zero-order valence-corrected chi connectivity index (χ0v) is 7.42. The average Bonchev–Trinajstić information content (AvgIpc) is 2.18. The van der Waals surface area contributed by atoms with Crippen molar-refractivity contribution in [1.82, 2.24) is 9.55 Å². The van der Waals surface area contributed by atoms with E-state index in [9.17, 15) is 4.79 Å². The Morgan fingerprint density at radius 1 is 1.29 bits per heavy atom. The maximum absolute atomic E-state index is 11.4. The summed E-state index contributed by atoms with van der Waals surface area (Å²) in [6.45, 7) is 0. The van der Waals surface area contributed by atoms with Gasteiger partial charge in [0.25, 0.3) is 5.56 Å². The zero-order valence-electron chi connectivity index (χ0n) is 7.42. The third-order valence-electron chi connectivity index (χ3n) is 1.85. The van der Waals surface area contributed by atoms with Gasteiger partial charge in [-0.1, -0.05) is 6.07 Å². The van der Waals surface area contributed by atoms with Crippen LogP contribution in [-0.2, 0) is 0 Å². The van der Waals surface area contributed by atoms with E-state index >= 15 is 0 Å². The molecule has 4 nitrogen and oxygen atoms in total. The number of anilines is 1. The second kappa shape index (κ2) is 3.33. The van der Waals surface area contributed by atoms with Crippen LogP contribution >= 0.6 is 0 Å². The molecule has 0 fully saturated rings. The van der Waals surface area contributed by atoms with Crippen molar-refractivity contribution in [3.8, 4) is 5.69 Å². The molecule has 0 saturated carbocycles. The molecular weight excluding hydrogens is 178 g/mol. The number of hydrogen-bond acceptors (Lipinski definition) is 3. The molecule has 0 amide bonds. The smallest absolute Gasteiger partial charge is 0.255 e. The van der Waals surface area contributed by atoms with Gasteiger partial charge in [0.2, 0.25) is 0 Å². The third kappa shape index (κ3) is 1.50. The van der Waals surface area contributed by atoms with Crippen molar-refractivity contribution in [2.45, 2.75) is 0 Å². The largest absolute Gasteiger partial charge is 0.397 e. The molecule has 0 aliphatic rings. The van der Waals surface area contributed by atoms with Crippen LogP contribution in [-0.4, -0.2) is 9.55 Å². The van der Waals surface area contributed by atoms with Crippen LogP contribution in [0, 0.1) is 0 Å². The molecule has 70 valence electrons. The minimum absolute atomic E-state index is 0.0973. The van der Waals surface area contributed by atoms with E-state index in [-0.39, 0.29) is 5.56 Å². The molecule has 14 heavy (non-hydrogen) atoms. The molecule has 2 N–H and O–H groups in total. The van der Waals surface area contributed by atoms with E-state index in [0.29, 0.717) is 11.4 Å². The molecule has 0 aliphatic carbocycles. The number of nitrogen functional groups attached to an aromatic ring is 1. The predicted molar refractivity (Wildman–Crippen MR) is 54.2 cm³/mol. The molecule has 0 spiro atoms. The summed E-state index contributed by atoms with van der Waals surface area (Å²) in [7, 11) is 0. The molecule has 0 radical (unpaired) electrons. The van der Waals surface area contributed by atoms with Crippen molar-refractivity contribution in [2.75, 3.05) is 5.73 Å². The van der Waals surface area contributed by atoms with Crippen LogP contribution in [0.1, 0.15) is 0 Å². The van der Waals surface area contributed by atoms with Crippen LogP contribution in [0.15, 0.2) is 47.7 Å². The summed E-state index contributed by atoms with van der Waals surface area (Å²) >= 11 is 0. The summed E-state index contributed by atoms with van der Waals surface area (Å²) in [6.07, 6.45) is 4.81. The molecule has 2 aromatic rings. The molecule has 0 saturated heterocycles. The second-order valence-electron chi connectivity index (χ2n) is 2.89. The summed E-state index contributed by atoms with van der Waals surface area (Å²) in [4.78, 5) is 15.3. The first-order valence-electron chi connectivity index (χ1n) is 4.16. The Labute approximate surface area is 80.6 Å². The van der Waals surface area contributed by atoms with E-state index in [0.717, 1.165) is 0 Å². The second-order valence-corrected chi connectivity index (χ2v) is 2.89. The monoisotopic (exact) mass is 187 g/mol. The van der Waals surface area contributed by atoms with Crippen LogP contribution in [0.3, 0.4) is 0 Å². The highest BCUT2D eigenvalue weighted by Crippen LogP contribution is 2.06. The molecule has 4 heteroatoms. The first-order valence-corrected chi connectivity index (χ1v) is 4.16. The first kappa shape index (κ1) is 8.50. The van der Waals surface area contributed by atoms with Gasteiger partial charge in [-0.05, 0) is 12.1 Å². The highest BCUT2D eigenvalue weighted by molar-refractivity contribution is 5.44.